The van der Waals surface area contributed by atoms with Crippen LogP contribution >= 0.6 is 0 Å². The maximum absolute atomic E-state index is 13.3. The first kappa shape index (κ1) is 22.9. The predicted molar refractivity (Wildman–Crippen MR) is 131 cm³/mol. The van der Waals surface area contributed by atoms with Crippen LogP contribution in [0.4, 0.5) is 10.5 Å². The molecule has 35 heavy (non-hydrogen) atoms. The molecule has 9 nitrogen and oxygen atoms in total. The number of pyridine rings is 1. The number of aliphatic imine (C=N–C) groups is 1. The zero-order valence-corrected chi connectivity index (χ0v) is 19.7. The van der Waals surface area contributed by atoms with Crippen LogP contribution in [-0.4, -0.2) is 71.0 Å². The molecule has 1 unspecified atom stereocenters. The van der Waals surface area contributed by atoms with Crippen molar-refractivity contribution in [2.75, 3.05) is 31.6 Å². The molecule has 1 aliphatic carbocycles. The van der Waals surface area contributed by atoms with Gasteiger partial charge in [-0.1, -0.05) is 6.07 Å². The van der Waals surface area contributed by atoms with Gasteiger partial charge >= 0.3 is 6.16 Å². The summed E-state index contributed by atoms with van der Waals surface area (Å²) in [6, 6.07) is 10.3. The summed E-state index contributed by atoms with van der Waals surface area (Å²) in [5.74, 6) is 0.357. The van der Waals surface area contributed by atoms with E-state index in [9.17, 15) is 9.59 Å². The van der Waals surface area contributed by atoms with E-state index in [1.54, 1.807) is 6.34 Å². The highest BCUT2D eigenvalue weighted by Crippen LogP contribution is 2.37. The lowest BCUT2D eigenvalue weighted by Gasteiger charge is -2.38. The van der Waals surface area contributed by atoms with Crippen LogP contribution in [0, 0.1) is 0 Å². The van der Waals surface area contributed by atoms with E-state index < -0.39 is 6.16 Å². The second-order valence-electron chi connectivity index (χ2n) is 9.21. The van der Waals surface area contributed by atoms with Crippen molar-refractivity contribution in [2.45, 2.75) is 37.8 Å². The lowest BCUT2D eigenvalue weighted by Crippen LogP contribution is -2.45. The Kier molecular flexibility index (Phi) is 6.39. The number of carbonyl (C=O) groups excluding carboxylic acids is 1. The van der Waals surface area contributed by atoms with Gasteiger partial charge < -0.3 is 24.5 Å². The van der Waals surface area contributed by atoms with Gasteiger partial charge in [0.25, 0.3) is 5.91 Å². The Morgan fingerprint density at radius 3 is 2.63 bits per heavy atom. The van der Waals surface area contributed by atoms with Gasteiger partial charge in [-0.3, -0.25) is 9.78 Å². The molecule has 2 aromatic rings. The summed E-state index contributed by atoms with van der Waals surface area (Å²) in [5, 5.41) is 8.89. The van der Waals surface area contributed by atoms with Gasteiger partial charge in [0.1, 0.15) is 5.76 Å². The average Bonchev–Trinajstić information content (AvgIpc) is 3.31. The number of nitrogens with zero attached hydrogens (tertiary/aromatic N) is 5. The lowest BCUT2D eigenvalue weighted by atomic mass is 10.00. The van der Waals surface area contributed by atoms with Crippen molar-refractivity contribution in [3.05, 3.63) is 71.4 Å². The van der Waals surface area contributed by atoms with Crippen molar-refractivity contribution in [1.82, 2.24) is 14.8 Å². The molecule has 1 amide bonds. The van der Waals surface area contributed by atoms with Crippen LogP contribution in [0.1, 0.15) is 46.8 Å². The van der Waals surface area contributed by atoms with Crippen LogP contribution in [0.5, 0.6) is 0 Å². The van der Waals surface area contributed by atoms with E-state index in [2.05, 4.69) is 14.9 Å². The monoisotopic (exact) mass is 475 g/mol. The van der Waals surface area contributed by atoms with Gasteiger partial charge in [-0.2, -0.15) is 0 Å². The number of aromatic nitrogens is 1. The quantitative estimate of drug-likeness (QED) is 0.659. The fraction of sp³-hybridized carbons (Fsp3) is 0.385. The zero-order valence-electron chi connectivity index (χ0n) is 19.7. The molecule has 0 spiro atoms. The highest BCUT2D eigenvalue weighted by Gasteiger charge is 2.31. The van der Waals surface area contributed by atoms with Gasteiger partial charge in [0.15, 0.2) is 0 Å². The molecule has 0 bridgehead atoms. The second-order valence-corrected chi connectivity index (χ2v) is 9.21. The molecule has 1 atom stereocenters. The van der Waals surface area contributed by atoms with E-state index in [-0.39, 0.29) is 18.0 Å². The number of rotatable bonds is 5. The van der Waals surface area contributed by atoms with Crippen LogP contribution in [0.15, 0.2) is 59.7 Å². The van der Waals surface area contributed by atoms with E-state index in [1.807, 2.05) is 59.6 Å². The molecule has 9 heteroatoms. The minimum Gasteiger partial charge on any atom is -0.449 e. The third-order valence-electron chi connectivity index (χ3n) is 7.19. The van der Waals surface area contributed by atoms with E-state index in [1.165, 1.54) is 11.9 Å². The van der Waals surface area contributed by atoms with Crippen LogP contribution in [-0.2, 0) is 11.2 Å². The molecule has 182 valence electrons. The number of carbonyl (C=O) groups is 2. The number of aryl methyl sites for hydroxylation is 1. The van der Waals surface area contributed by atoms with Gasteiger partial charge in [0.2, 0.25) is 0 Å². The molecule has 1 fully saturated rings. The summed E-state index contributed by atoms with van der Waals surface area (Å²) in [6.45, 7) is 2.18. The summed E-state index contributed by atoms with van der Waals surface area (Å²) in [6.07, 6.45) is 9.04. The number of fused-ring (bicyclic) bond motifs is 1. The first-order valence-corrected chi connectivity index (χ1v) is 11.9. The summed E-state index contributed by atoms with van der Waals surface area (Å²) >= 11 is 0. The molecule has 1 saturated heterocycles. The maximum Gasteiger partial charge on any atom is 0.511 e. The first-order chi connectivity index (χ1) is 17.0. The Morgan fingerprint density at radius 2 is 1.89 bits per heavy atom. The Morgan fingerprint density at radius 1 is 1.11 bits per heavy atom. The second kappa shape index (κ2) is 9.77. The SMILES string of the molecule is CN(C(=O)c1ccc2c(c1)CCC2N1C=NC=C(OC(=O)O)C1)C1CCN(c2ccncc2)CC1. The highest BCUT2D eigenvalue weighted by molar-refractivity contribution is 5.94. The molecule has 0 saturated carbocycles. The standard InChI is InChI=1S/C26H29N5O4/c1-29(20-8-12-30(13-9-20)21-6-10-27-11-7-21)25(32)19-2-4-23-18(14-19)3-5-24(23)31-16-22(15-28-17-31)35-26(33)34/h2,4,6-7,10-11,14-15,17,20,24H,3,5,8-9,12-13,16H2,1H3,(H,33,34). The van der Waals surface area contributed by atoms with Gasteiger partial charge in [-0.05, 0) is 61.1 Å². The number of hydrogen-bond donors (Lipinski definition) is 1. The first-order valence-electron chi connectivity index (χ1n) is 11.9. The van der Waals surface area contributed by atoms with Crippen LogP contribution in [0.3, 0.4) is 0 Å². The van der Waals surface area contributed by atoms with Crippen molar-refractivity contribution < 1.29 is 19.4 Å². The number of carboxylic acid groups (broad SMARTS) is 1. The van der Waals surface area contributed by atoms with E-state index in [0.717, 1.165) is 49.9 Å². The topological polar surface area (TPSA) is 98.6 Å². The number of ether oxygens (including phenoxy) is 1. The normalized spacial score (nSPS) is 19.8. The molecule has 1 N–H and O–H groups in total. The Labute approximate surface area is 204 Å². The van der Waals surface area contributed by atoms with Crippen LogP contribution < -0.4 is 4.90 Å². The zero-order chi connectivity index (χ0) is 24.4. The minimum atomic E-state index is -1.34. The molecule has 3 aliphatic rings. The van der Waals surface area contributed by atoms with Crippen LogP contribution in [0.2, 0.25) is 0 Å². The van der Waals surface area contributed by atoms with Crippen molar-refractivity contribution in [2.24, 2.45) is 4.99 Å². The molecule has 2 aliphatic heterocycles. The van der Waals surface area contributed by atoms with E-state index >= 15 is 0 Å². The fourth-order valence-corrected chi connectivity index (χ4v) is 5.33. The molecule has 1 aromatic heterocycles. The number of piperidine rings is 1. The smallest absolute Gasteiger partial charge is 0.449 e. The van der Waals surface area contributed by atoms with Crippen molar-refractivity contribution in [3.8, 4) is 0 Å². The predicted octanol–water partition coefficient (Wildman–Crippen LogP) is 3.69. The molecule has 1 aromatic carbocycles. The van der Waals surface area contributed by atoms with Gasteiger partial charge in [0.05, 0.1) is 25.1 Å². The number of anilines is 1. The largest absolute Gasteiger partial charge is 0.511 e. The number of amides is 1. The third-order valence-corrected chi connectivity index (χ3v) is 7.19. The van der Waals surface area contributed by atoms with Gasteiger partial charge in [0, 0.05) is 49.8 Å². The number of hydrogen-bond acceptors (Lipinski definition) is 7. The molecular formula is C26H29N5O4. The Balaban J connectivity index is 1.22. The summed E-state index contributed by atoms with van der Waals surface area (Å²) in [4.78, 5) is 38.7. The van der Waals surface area contributed by atoms with Crippen molar-refractivity contribution >= 4 is 24.1 Å². The summed E-state index contributed by atoms with van der Waals surface area (Å²) in [5.41, 5.74) is 4.20. The van der Waals surface area contributed by atoms with Crippen molar-refractivity contribution in [3.63, 3.8) is 0 Å². The summed E-state index contributed by atoms with van der Waals surface area (Å²) < 4.78 is 4.80. The summed E-state index contributed by atoms with van der Waals surface area (Å²) in [7, 11) is 1.91. The van der Waals surface area contributed by atoms with Crippen LogP contribution in [0.25, 0.3) is 0 Å². The molecule has 0 radical (unpaired) electrons. The number of benzene rings is 1. The highest BCUT2D eigenvalue weighted by atomic mass is 16.7. The molecular weight excluding hydrogens is 446 g/mol. The van der Waals surface area contributed by atoms with E-state index in [0.29, 0.717) is 17.9 Å². The van der Waals surface area contributed by atoms with E-state index in [4.69, 9.17) is 9.84 Å². The van der Waals surface area contributed by atoms with Gasteiger partial charge in [-0.15, -0.1) is 0 Å². The maximum atomic E-state index is 13.3. The Bertz CT molecular complexity index is 1160. The lowest BCUT2D eigenvalue weighted by molar-refractivity contribution is 0.0709. The van der Waals surface area contributed by atoms with Gasteiger partial charge in [-0.25, -0.2) is 9.79 Å². The minimum absolute atomic E-state index is 0.0539. The fourth-order valence-electron chi connectivity index (χ4n) is 5.33. The average molecular weight is 476 g/mol. The third kappa shape index (κ3) is 4.84. The molecule has 5 rings (SSSR count). The Hall–Kier alpha value is -3.88. The van der Waals surface area contributed by atoms with Crippen molar-refractivity contribution in [1.29, 1.82) is 0 Å². The molecule has 3 heterocycles.